The number of likely N-dealkylation sites (tertiary alicyclic amines) is 1. The number of benzene rings is 1. The van der Waals surface area contributed by atoms with Crippen molar-refractivity contribution in [2.75, 3.05) is 39.9 Å². The minimum Gasteiger partial charge on any atom is -0.497 e. The molecule has 0 saturated carbocycles. The summed E-state index contributed by atoms with van der Waals surface area (Å²) in [5.41, 5.74) is 1.23. The number of hydrogen-bond donors (Lipinski definition) is 0. The van der Waals surface area contributed by atoms with Gasteiger partial charge < -0.3 is 14.4 Å². The number of methoxy groups -OCH3 is 1. The first-order valence-electron chi connectivity index (χ1n) is 8.51. The second-order valence-electron chi connectivity index (χ2n) is 6.34. The van der Waals surface area contributed by atoms with Gasteiger partial charge in [0.2, 0.25) is 5.91 Å². The molecule has 1 atom stereocenters. The first-order chi connectivity index (χ1) is 11.7. The average molecular weight is 332 g/mol. The molecule has 2 amide bonds. The zero-order valence-electron chi connectivity index (χ0n) is 14.1. The monoisotopic (exact) mass is 332 g/mol. The number of carbonyl (C=O) groups is 2. The number of hydrogen-bond acceptors (Lipinski definition) is 4. The lowest BCUT2D eigenvalue weighted by atomic mass is 9.94. The van der Waals surface area contributed by atoms with Gasteiger partial charge in [-0.05, 0) is 30.5 Å². The van der Waals surface area contributed by atoms with Crippen molar-refractivity contribution in [2.45, 2.75) is 25.2 Å². The zero-order chi connectivity index (χ0) is 16.9. The summed E-state index contributed by atoms with van der Waals surface area (Å²) >= 11 is 0. The van der Waals surface area contributed by atoms with Crippen LogP contribution in [0.3, 0.4) is 0 Å². The summed E-state index contributed by atoms with van der Waals surface area (Å²) in [7, 11) is 1.66. The van der Waals surface area contributed by atoms with Crippen LogP contribution in [0.15, 0.2) is 24.3 Å². The standard InChI is InChI=1S/C18H24N2O4/c1-23-16-7-5-14(6-8-16)15-4-2-3-9-19(12-15)17(21)13-20-10-11-24-18(20)22/h5-8,15H,2-4,9-13H2,1H3. The van der Waals surface area contributed by atoms with Crippen molar-refractivity contribution in [3.05, 3.63) is 29.8 Å². The van der Waals surface area contributed by atoms with Crippen molar-refractivity contribution < 1.29 is 19.1 Å². The van der Waals surface area contributed by atoms with E-state index in [1.54, 1.807) is 7.11 Å². The molecule has 0 radical (unpaired) electrons. The molecule has 6 heteroatoms. The molecule has 0 aromatic heterocycles. The molecule has 2 saturated heterocycles. The van der Waals surface area contributed by atoms with Crippen LogP contribution in [0.5, 0.6) is 5.75 Å². The SMILES string of the molecule is COc1ccc(C2CCCCN(C(=O)CN3CCOC3=O)C2)cc1. The quantitative estimate of drug-likeness (QED) is 0.848. The molecule has 0 aliphatic carbocycles. The van der Waals surface area contributed by atoms with Gasteiger partial charge in [-0.3, -0.25) is 9.69 Å². The van der Waals surface area contributed by atoms with Crippen molar-refractivity contribution in [3.8, 4) is 5.75 Å². The highest BCUT2D eigenvalue weighted by Gasteiger charge is 2.28. The van der Waals surface area contributed by atoms with Gasteiger partial charge in [-0.2, -0.15) is 0 Å². The van der Waals surface area contributed by atoms with E-state index >= 15 is 0 Å². The van der Waals surface area contributed by atoms with Gasteiger partial charge in [-0.1, -0.05) is 18.6 Å². The largest absolute Gasteiger partial charge is 0.497 e. The van der Waals surface area contributed by atoms with Crippen LogP contribution in [0.4, 0.5) is 4.79 Å². The van der Waals surface area contributed by atoms with E-state index in [0.717, 1.165) is 31.6 Å². The van der Waals surface area contributed by atoms with E-state index in [1.807, 2.05) is 17.0 Å². The van der Waals surface area contributed by atoms with E-state index in [-0.39, 0.29) is 18.5 Å². The summed E-state index contributed by atoms with van der Waals surface area (Å²) in [6.45, 7) is 2.46. The lowest BCUT2D eigenvalue weighted by Crippen LogP contribution is -2.42. The molecular formula is C18H24N2O4. The molecule has 6 nitrogen and oxygen atoms in total. The average Bonchev–Trinajstić information content (AvgIpc) is 2.87. The minimum absolute atomic E-state index is 0.00858. The van der Waals surface area contributed by atoms with Crippen LogP contribution in [0.2, 0.25) is 0 Å². The van der Waals surface area contributed by atoms with Crippen molar-refractivity contribution in [1.82, 2.24) is 9.80 Å². The van der Waals surface area contributed by atoms with Crippen LogP contribution in [0.25, 0.3) is 0 Å². The van der Waals surface area contributed by atoms with Gasteiger partial charge in [0.1, 0.15) is 18.9 Å². The molecule has 0 N–H and O–H groups in total. The third-order valence-corrected chi connectivity index (χ3v) is 4.78. The Balaban J connectivity index is 1.65. The van der Waals surface area contributed by atoms with Gasteiger partial charge in [0.15, 0.2) is 0 Å². The Kier molecular flexibility index (Phi) is 5.23. The molecule has 0 spiro atoms. The van der Waals surface area contributed by atoms with Crippen molar-refractivity contribution in [3.63, 3.8) is 0 Å². The molecule has 1 unspecified atom stereocenters. The van der Waals surface area contributed by atoms with Gasteiger partial charge in [-0.25, -0.2) is 4.79 Å². The highest BCUT2D eigenvalue weighted by atomic mass is 16.6. The summed E-state index contributed by atoms with van der Waals surface area (Å²) in [4.78, 5) is 27.5. The molecule has 130 valence electrons. The Morgan fingerprint density at radius 2 is 2.04 bits per heavy atom. The summed E-state index contributed by atoms with van der Waals surface area (Å²) in [6.07, 6.45) is 2.79. The van der Waals surface area contributed by atoms with E-state index in [1.165, 1.54) is 10.5 Å². The van der Waals surface area contributed by atoms with Crippen molar-refractivity contribution in [1.29, 1.82) is 0 Å². The molecule has 3 rings (SSSR count). The van der Waals surface area contributed by atoms with Crippen molar-refractivity contribution >= 4 is 12.0 Å². The second kappa shape index (κ2) is 7.55. The number of amides is 2. The van der Waals surface area contributed by atoms with Gasteiger partial charge in [0.05, 0.1) is 13.7 Å². The van der Waals surface area contributed by atoms with Crippen LogP contribution in [0.1, 0.15) is 30.7 Å². The van der Waals surface area contributed by atoms with Crippen LogP contribution in [0, 0.1) is 0 Å². The maximum atomic E-state index is 12.6. The number of cyclic esters (lactones) is 1. The number of ether oxygens (including phenoxy) is 2. The highest BCUT2D eigenvalue weighted by molar-refractivity contribution is 5.83. The molecule has 0 bridgehead atoms. The first-order valence-corrected chi connectivity index (χ1v) is 8.51. The van der Waals surface area contributed by atoms with Gasteiger partial charge in [-0.15, -0.1) is 0 Å². The Hall–Kier alpha value is -2.24. The smallest absolute Gasteiger partial charge is 0.410 e. The molecule has 24 heavy (non-hydrogen) atoms. The summed E-state index contributed by atoms with van der Waals surface area (Å²) in [5.74, 6) is 1.18. The number of nitrogens with zero attached hydrogens (tertiary/aromatic N) is 2. The molecule has 1 aromatic rings. The second-order valence-corrected chi connectivity index (χ2v) is 6.34. The third kappa shape index (κ3) is 3.80. The fourth-order valence-electron chi connectivity index (χ4n) is 3.35. The van der Waals surface area contributed by atoms with E-state index in [9.17, 15) is 9.59 Å². The molecule has 2 fully saturated rings. The minimum atomic E-state index is -0.384. The topological polar surface area (TPSA) is 59.1 Å². The third-order valence-electron chi connectivity index (χ3n) is 4.78. The fourth-order valence-corrected chi connectivity index (χ4v) is 3.35. The Morgan fingerprint density at radius 1 is 1.25 bits per heavy atom. The van der Waals surface area contributed by atoms with E-state index in [4.69, 9.17) is 9.47 Å². The lowest BCUT2D eigenvalue weighted by Gasteiger charge is -2.26. The molecule has 2 heterocycles. The van der Waals surface area contributed by atoms with Crippen LogP contribution in [-0.4, -0.2) is 61.7 Å². The van der Waals surface area contributed by atoms with E-state index in [2.05, 4.69) is 12.1 Å². The Bertz CT molecular complexity index is 587. The Labute approximate surface area is 142 Å². The predicted octanol–water partition coefficient (Wildman–Crippen LogP) is 2.24. The maximum Gasteiger partial charge on any atom is 0.410 e. The summed E-state index contributed by atoms with van der Waals surface area (Å²) < 4.78 is 10.1. The van der Waals surface area contributed by atoms with E-state index < -0.39 is 0 Å². The van der Waals surface area contributed by atoms with E-state index in [0.29, 0.717) is 25.6 Å². The molecule has 2 aliphatic heterocycles. The molecule has 1 aromatic carbocycles. The van der Waals surface area contributed by atoms with Gasteiger partial charge in [0.25, 0.3) is 0 Å². The van der Waals surface area contributed by atoms with Gasteiger partial charge in [0, 0.05) is 19.0 Å². The van der Waals surface area contributed by atoms with Crippen LogP contribution in [-0.2, 0) is 9.53 Å². The maximum absolute atomic E-state index is 12.6. The van der Waals surface area contributed by atoms with Crippen LogP contribution < -0.4 is 4.74 Å². The first kappa shape index (κ1) is 16.6. The normalized spacial score (nSPS) is 21.4. The lowest BCUT2D eigenvalue weighted by molar-refractivity contribution is -0.131. The fraction of sp³-hybridized carbons (Fsp3) is 0.556. The number of carbonyl (C=O) groups excluding carboxylic acids is 2. The van der Waals surface area contributed by atoms with Crippen molar-refractivity contribution in [2.24, 2.45) is 0 Å². The predicted molar refractivity (Wildman–Crippen MR) is 89.1 cm³/mol. The highest BCUT2D eigenvalue weighted by Crippen LogP contribution is 2.28. The zero-order valence-corrected chi connectivity index (χ0v) is 14.1. The summed E-state index contributed by atoms with van der Waals surface area (Å²) in [5, 5.41) is 0. The van der Waals surface area contributed by atoms with Gasteiger partial charge >= 0.3 is 6.09 Å². The Morgan fingerprint density at radius 3 is 2.71 bits per heavy atom. The molecule has 2 aliphatic rings. The van der Waals surface area contributed by atoms with Crippen LogP contribution >= 0.6 is 0 Å². The number of rotatable bonds is 4. The summed E-state index contributed by atoms with van der Waals surface area (Å²) in [6, 6.07) is 8.09. The molecular weight excluding hydrogens is 308 g/mol.